The van der Waals surface area contributed by atoms with Crippen molar-refractivity contribution in [3.8, 4) is 0 Å². The Balaban J connectivity index is 1.63. The normalized spacial score (nSPS) is 10.5. The molecule has 158 valence electrons. The first-order chi connectivity index (χ1) is 15.0. The lowest BCUT2D eigenvalue weighted by Crippen LogP contribution is -2.24. The molecule has 1 heterocycles. The van der Waals surface area contributed by atoms with E-state index in [4.69, 9.17) is 0 Å². The lowest BCUT2D eigenvalue weighted by Gasteiger charge is -2.17. The van der Waals surface area contributed by atoms with Gasteiger partial charge in [0.05, 0.1) is 11.4 Å². The molecule has 0 spiro atoms. The SMILES string of the molecule is CNC(=O)Nc1ccc(NC(=O)/C=C/c2csc(N(C(C)=O)c3ccccc3)n2)cc1. The molecule has 31 heavy (non-hydrogen) atoms. The third-order valence-corrected chi connectivity index (χ3v) is 4.92. The molecule has 0 aliphatic heterocycles. The van der Waals surface area contributed by atoms with Crippen molar-refractivity contribution in [1.82, 2.24) is 10.3 Å². The molecule has 4 amide bonds. The second-order valence-corrected chi connectivity index (χ2v) is 7.19. The van der Waals surface area contributed by atoms with E-state index in [0.29, 0.717) is 22.2 Å². The Morgan fingerprint density at radius 3 is 2.23 bits per heavy atom. The van der Waals surface area contributed by atoms with Gasteiger partial charge in [-0.2, -0.15) is 0 Å². The summed E-state index contributed by atoms with van der Waals surface area (Å²) < 4.78 is 0. The Hall–Kier alpha value is -3.98. The maximum absolute atomic E-state index is 12.2. The van der Waals surface area contributed by atoms with Crippen LogP contribution >= 0.6 is 11.3 Å². The summed E-state index contributed by atoms with van der Waals surface area (Å²) >= 11 is 1.32. The van der Waals surface area contributed by atoms with E-state index in [9.17, 15) is 14.4 Å². The summed E-state index contributed by atoms with van der Waals surface area (Å²) in [5.74, 6) is -0.476. The highest BCUT2D eigenvalue weighted by molar-refractivity contribution is 7.14. The van der Waals surface area contributed by atoms with Gasteiger partial charge in [0.25, 0.3) is 0 Å². The molecule has 0 saturated heterocycles. The highest BCUT2D eigenvalue weighted by atomic mass is 32.1. The summed E-state index contributed by atoms with van der Waals surface area (Å²) in [6, 6.07) is 15.7. The molecule has 3 rings (SSSR count). The van der Waals surface area contributed by atoms with Crippen molar-refractivity contribution in [2.75, 3.05) is 22.6 Å². The number of amides is 4. The Morgan fingerprint density at radius 1 is 0.968 bits per heavy atom. The van der Waals surface area contributed by atoms with Crippen LogP contribution in [-0.4, -0.2) is 29.9 Å². The van der Waals surface area contributed by atoms with E-state index < -0.39 is 0 Å². The van der Waals surface area contributed by atoms with Gasteiger partial charge in [-0.1, -0.05) is 18.2 Å². The number of hydrogen-bond donors (Lipinski definition) is 3. The molecule has 0 aliphatic rings. The summed E-state index contributed by atoms with van der Waals surface area (Å²) in [5.41, 5.74) is 2.49. The van der Waals surface area contributed by atoms with Crippen molar-refractivity contribution >= 4 is 57.5 Å². The van der Waals surface area contributed by atoms with Crippen LogP contribution in [0.2, 0.25) is 0 Å². The van der Waals surface area contributed by atoms with Crippen LogP contribution in [0.25, 0.3) is 6.08 Å². The summed E-state index contributed by atoms with van der Waals surface area (Å²) in [7, 11) is 1.53. The van der Waals surface area contributed by atoms with E-state index in [-0.39, 0.29) is 17.8 Å². The number of urea groups is 1. The molecule has 2 aromatic carbocycles. The first-order valence-electron chi connectivity index (χ1n) is 9.35. The fourth-order valence-corrected chi connectivity index (χ4v) is 3.49. The van der Waals surface area contributed by atoms with Gasteiger partial charge in [0.15, 0.2) is 5.13 Å². The molecule has 0 atom stereocenters. The molecule has 0 fully saturated rings. The maximum Gasteiger partial charge on any atom is 0.318 e. The van der Waals surface area contributed by atoms with Gasteiger partial charge < -0.3 is 16.0 Å². The number of anilines is 4. The highest BCUT2D eigenvalue weighted by Gasteiger charge is 2.17. The number of hydrogen-bond acceptors (Lipinski definition) is 5. The summed E-state index contributed by atoms with van der Waals surface area (Å²) in [6.45, 7) is 1.48. The van der Waals surface area contributed by atoms with Crippen molar-refractivity contribution in [3.05, 3.63) is 71.7 Å². The molecule has 3 N–H and O–H groups in total. The van der Waals surface area contributed by atoms with Crippen LogP contribution in [0.3, 0.4) is 0 Å². The van der Waals surface area contributed by atoms with Crippen molar-refractivity contribution in [3.63, 3.8) is 0 Å². The monoisotopic (exact) mass is 435 g/mol. The van der Waals surface area contributed by atoms with Gasteiger partial charge >= 0.3 is 6.03 Å². The van der Waals surface area contributed by atoms with Crippen LogP contribution in [-0.2, 0) is 9.59 Å². The van der Waals surface area contributed by atoms with E-state index in [1.165, 1.54) is 36.3 Å². The lowest BCUT2D eigenvalue weighted by molar-refractivity contribution is -0.116. The average molecular weight is 436 g/mol. The van der Waals surface area contributed by atoms with E-state index in [0.717, 1.165) is 5.69 Å². The molecule has 1 aromatic heterocycles. The number of carbonyl (C=O) groups is 3. The third-order valence-electron chi connectivity index (χ3n) is 4.07. The largest absolute Gasteiger partial charge is 0.341 e. The van der Waals surface area contributed by atoms with Gasteiger partial charge in [-0.25, -0.2) is 9.78 Å². The van der Waals surface area contributed by atoms with E-state index >= 15 is 0 Å². The fraction of sp³-hybridized carbons (Fsp3) is 0.0909. The van der Waals surface area contributed by atoms with Crippen molar-refractivity contribution in [2.24, 2.45) is 0 Å². The minimum Gasteiger partial charge on any atom is -0.341 e. The predicted octanol–water partition coefficient (Wildman–Crippen LogP) is 4.23. The lowest BCUT2D eigenvalue weighted by atomic mass is 10.2. The van der Waals surface area contributed by atoms with Crippen LogP contribution < -0.4 is 20.9 Å². The van der Waals surface area contributed by atoms with Gasteiger partial charge in [-0.15, -0.1) is 11.3 Å². The maximum atomic E-state index is 12.2. The van der Waals surface area contributed by atoms with E-state index in [2.05, 4.69) is 20.9 Å². The zero-order valence-electron chi connectivity index (χ0n) is 17.0. The van der Waals surface area contributed by atoms with E-state index in [1.54, 1.807) is 35.7 Å². The predicted molar refractivity (Wildman–Crippen MR) is 124 cm³/mol. The Morgan fingerprint density at radius 2 is 1.61 bits per heavy atom. The first-order valence-corrected chi connectivity index (χ1v) is 10.2. The van der Waals surface area contributed by atoms with Crippen LogP contribution in [0, 0.1) is 0 Å². The van der Waals surface area contributed by atoms with Crippen molar-refractivity contribution in [2.45, 2.75) is 6.92 Å². The van der Waals surface area contributed by atoms with Crippen LogP contribution in [0.4, 0.5) is 27.0 Å². The average Bonchev–Trinajstić information content (AvgIpc) is 3.22. The molecular weight excluding hydrogens is 414 g/mol. The van der Waals surface area contributed by atoms with Gasteiger partial charge in [0, 0.05) is 36.8 Å². The molecule has 0 aliphatic carbocycles. The zero-order chi connectivity index (χ0) is 22.2. The van der Waals surface area contributed by atoms with Crippen LogP contribution in [0.5, 0.6) is 0 Å². The topological polar surface area (TPSA) is 103 Å². The molecular formula is C22H21N5O3S. The van der Waals surface area contributed by atoms with Crippen LogP contribution in [0.15, 0.2) is 66.1 Å². The summed E-state index contributed by atoms with van der Waals surface area (Å²) in [6.07, 6.45) is 2.95. The van der Waals surface area contributed by atoms with Crippen molar-refractivity contribution < 1.29 is 14.4 Å². The number of nitrogens with one attached hydrogen (secondary N) is 3. The zero-order valence-corrected chi connectivity index (χ0v) is 17.8. The highest BCUT2D eigenvalue weighted by Crippen LogP contribution is 2.29. The standard InChI is InChI=1S/C22H21N5O3S/c1-15(28)27(19-6-4-3-5-7-19)22-26-18(14-31-22)12-13-20(29)24-16-8-10-17(11-9-16)25-21(30)23-2/h3-14H,1-2H3,(H,24,29)(H2,23,25,30)/b13-12+. The first kappa shape index (κ1) is 21.7. The molecule has 0 unspecified atom stereocenters. The molecule has 0 bridgehead atoms. The minimum absolute atomic E-state index is 0.150. The summed E-state index contributed by atoms with van der Waals surface area (Å²) in [4.78, 5) is 41.6. The Bertz CT molecular complexity index is 1090. The Labute approximate surface area is 183 Å². The molecule has 9 heteroatoms. The molecule has 8 nitrogen and oxygen atoms in total. The third kappa shape index (κ3) is 6.00. The molecule has 0 radical (unpaired) electrons. The number of aromatic nitrogens is 1. The number of carbonyl (C=O) groups excluding carboxylic acids is 3. The summed E-state index contributed by atoms with van der Waals surface area (Å²) in [5, 5.41) is 10.1. The second kappa shape index (κ2) is 10.2. The van der Waals surface area contributed by atoms with Crippen molar-refractivity contribution in [1.29, 1.82) is 0 Å². The number of thiazole rings is 1. The quantitative estimate of drug-likeness (QED) is 0.504. The van der Waals surface area contributed by atoms with Gasteiger partial charge in [0.1, 0.15) is 0 Å². The van der Waals surface area contributed by atoms with Gasteiger partial charge in [0.2, 0.25) is 11.8 Å². The van der Waals surface area contributed by atoms with Gasteiger partial charge in [-0.3, -0.25) is 14.5 Å². The Kier molecular flexibility index (Phi) is 7.13. The number of rotatable bonds is 6. The number of benzene rings is 2. The second-order valence-electron chi connectivity index (χ2n) is 6.35. The molecule has 0 saturated carbocycles. The molecule has 3 aromatic rings. The number of nitrogens with zero attached hydrogens (tertiary/aromatic N) is 2. The fourth-order valence-electron chi connectivity index (χ4n) is 2.63. The number of para-hydroxylation sites is 1. The smallest absolute Gasteiger partial charge is 0.318 e. The van der Waals surface area contributed by atoms with Crippen LogP contribution in [0.1, 0.15) is 12.6 Å². The minimum atomic E-state index is -0.326. The van der Waals surface area contributed by atoms with E-state index in [1.807, 2.05) is 30.3 Å². The van der Waals surface area contributed by atoms with Gasteiger partial charge in [-0.05, 0) is 42.5 Å².